The average Bonchev–Trinajstić information content (AvgIpc) is 3.09. The molecule has 3 aromatic heterocycles. The highest BCUT2D eigenvalue weighted by Gasteiger charge is 2.51. The topological polar surface area (TPSA) is 91.8 Å². The van der Waals surface area contributed by atoms with Gasteiger partial charge in [0.2, 0.25) is 5.91 Å². The Labute approximate surface area is 182 Å². The maximum Gasteiger partial charge on any atom is 0.333 e. The van der Waals surface area contributed by atoms with Crippen LogP contribution in [0.25, 0.3) is 16.6 Å². The Balaban J connectivity index is 1.27. The number of carbonyl (C=O) groups is 1. The first-order chi connectivity index (χ1) is 15.5. The molecule has 3 aromatic rings. The van der Waals surface area contributed by atoms with Crippen LogP contribution >= 0.6 is 0 Å². The molecule has 1 amide bonds. The summed E-state index contributed by atoms with van der Waals surface area (Å²) in [5.74, 6) is 1.05. The number of piperazine rings is 1. The standard InChI is InChI=1S/C21H23F2N7O2/c22-21(23)29-7-14(5-25-29)12-4-18-19(24-11-26-28(18)6-12)27-8-15-1-2-16(9-27)30(15)20(32)17-3-13(17)10-31/h4-7,11,13,15-17,21,31H,1-3,8-10H2/t13-,15?,16?,17+/m1/s1. The summed E-state index contributed by atoms with van der Waals surface area (Å²) in [6, 6.07) is 2.15. The molecule has 32 heavy (non-hydrogen) atoms. The third-order valence-corrected chi connectivity index (χ3v) is 7.03. The van der Waals surface area contributed by atoms with E-state index in [1.165, 1.54) is 18.7 Å². The number of amides is 1. The summed E-state index contributed by atoms with van der Waals surface area (Å²) in [6.45, 7) is -1.23. The van der Waals surface area contributed by atoms with Gasteiger partial charge < -0.3 is 14.9 Å². The van der Waals surface area contributed by atoms with E-state index in [4.69, 9.17) is 0 Å². The Kier molecular flexibility index (Phi) is 4.42. The van der Waals surface area contributed by atoms with Crippen molar-refractivity contribution in [1.29, 1.82) is 0 Å². The fraction of sp³-hybridized carbons (Fsp3) is 0.524. The van der Waals surface area contributed by atoms with Crippen molar-refractivity contribution in [3.63, 3.8) is 0 Å². The largest absolute Gasteiger partial charge is 0.396 e. The van der Waals surface area contributed by atoms with E-state index in [2.05, 4.69) is 25.0 Å². The van der Waals surface area contributed by atoms with Gasteiger partial charge in [0.15, 0.2) is 5.82 Å². The Morgan fingerprint density at radius 3 is 2.59 bits per heavy atom. The van der Waals surface area contributed by atoms with Gasteiger partial charge in [0.1, 0.15) is 11.8 Å². The molecule has 2 saturated heterocycles. The lowest BCUT2D eigenvalue weighted by molar-refractivity contribution is -0.136. The van der Waals surface area contributed by atoms with Crippen molar-refractivity contribution in [2.75, 3.05) is 24.6 Å². The molecule has 168 valence electrons. The summed E-state index contributed by atoms with van der Waals surface area (Å²) in [5.41, 5.74) is 2.10. The number of rotatable bonds is 5. The first-order valence-electron chi connectivity index (χ1n) is 10.9. The van der Waals surface area contributed by atoms with Gasteiger partial charge in [0.25, 0.3) is 0 Å². The molecule has 2 aliphatic heterocycles. The highest BCUT2D eigenvalue weighted by Crippen LogP contribution is 2.43. The number of aliphatic hydroxyl groups excluding tert-OH is 1. The Morgan fingerprint density at radius 2 is 1.94 bits per heavy atom. The number of anilines is 1. The number of nitrogens with zero attached hydrogens (tertiary/aromatic N) is 7. The highest BCUT2D eigenvalue weighted by atomic mass is 19.3. The van der Waals surface area contributed by atoms with E-state index < -0.39 is 6.55 Å². The van der Waals surface area contributed by atoms with Crippen molar-refractivity contribution in [2.45, 2.75) is 37.9 Å². The zero-order valence-electron chi connectivity index (χ0n) is 17.3. The van der Waals surface area contributed by atoms with Crippen LogP contribution in [0.3, 0.4) is 0 Å². The molecule has 9 nitrogen and oxygen atoms in total. The minimum atomic E-state index is -2.69. The average molecular weight is 443 g/mol. The molecule has 3 aliphatic rings. The molecular weight excluding hydrogens is 420 g/mol. The zero-order chi connectivity index (χ0) is 22.0. The van der Waals surface area contributed by atoms with Crippen LogP contribution in [0, 0.1) is 11.8 Å². The van der Waals surface area contributed by atoms with E-state index in [1.807, 2.05) is 6.07 Å². The monoisotopic (exact) mass is 443 g/mol. The van der Waals surface area contributed by atoms with Gasteiger partial charge in [-0.05, 0) is 31.2 Å². The van der Waals surface area contributed by atoms with Gasteiger partial charge in [-0.2, -0.15) is 19.0 Å². The van der Waals surface area contributed by atoms with Crippen molar-refractivity contribution in [2.24, 2.45) is 11.8 Å². The van der Waals surface area contributed by atoms with Crippen molar-refractivity contribution < 1.29 is 18.7 Å². The Hall–Kier alpha value is -3.08. The van der Waals surface area contributed by atoms with Crippen LogP contribution in [0.5, 0.6) is 0 Å². The van der Waals surface area contributed by atoms with Gasteiger partial charge >= 0.3 is 6.55 Å². The molecule has 0 radical (unpaired) electrons. The van der Waals surface area contributed by atoms with Crippen LogP contribution in [0.4, 0.5) is 14.6 Å². The quantitative estimate of drug-likeness (QED) is 0.647. The van der Waals surface area contributed by atoms with Crippen molar-refractivity contribution in [3.8, 4) is 11.1 Å². The van der Waals surface area contributed by atoms with Crippen LogP contribution in [0.1, 0.15) is 25.8 Å². The zero-order valence-corrected chi connectivity index (χ0v) is 17.3. The van der Waals surface area contributed by atoms with Crippen molar-refractivity contribution in [1.82, 2.24) is 29.3 Å². The third kappa shape index (κ3) is 3.06. The SMILES string of the molecule is O=C([C@H]1C[C@@H]1CO)N1C2CCC1CN(c1ncnn3cc(-c4cnn(C(F)F)c4)cc13)C2. The summed E-state index contributed by atoms with van der Waals surface area (Å²) in [6.07, 6.45) is 8.71. The van der Waals surface area contributed by atoms with Gasteiger partial charge in [0.05, 0.1) is 6.20 Å². The van der Waals surface area contributed by atoms with E-state index >= 15 is 0 Å². The van der Waals surface area contributed by atoms with Crippen molar-refractivity contribution in [3.05, 3.63) is 31.0 Å². The van der Waals surface area contributed by atoms with Crippen molar-refractivity contribution >= 4 is 17.2 Å². The van der Waals surface area contributed by atoms with Crippen LogP contribution < -0.4 is 4.90 Å². The molecule has 1 N–H and O–H groups in total. The molecule has 0 spiro atoms. The fourth-order valence-electron chi connectivity index (χ4n) is 5.29. The number of hydrogen-bond donors (Lipinski definition) is 1. The summed E-state index contributed by atoms with van der Waals surface area (Å²) in [5, 5.41) is 17.3. The van der Waals surface area contributed by atoms with Gasteiger partial charge in [-0.1, -0.05) is 0 Å². The molecule has 1 saturated carbocycles. The summed E-state index contributed by atoms with van der Waals surface area (Å²) in [7, 11) is 0. The maximum absolute atomic E-state index is 13.0. The molecule has 6 rings (SSSR count). The molecular formula is C21H23F2N7O2. The van der Waals surface area contributed by atoms with E-state index in [0.717, 1.165) is 36.2 Å². The number of carbonyl (C=O) groups excluding carboxylic acids is 1. The molecule has 1 aliphatic carbocycles. The number of fused-ring (bicyclic) bond motifs is 3. The van der Waals surface area contributed by atoms with Crippen LogP contribution in [0.15, 0.2) is 31.0 Å². The van der Waals surface area contributed by atoms with E-state index in [-0.39, 0.29) is 36.4 Å². The second-order valence-electron chi connectivity index (χ2n) is 8.95. The smallest absolute Gasteiger partial charge is 0.333 e. The lowest BCUT2D eigenvalue weighted by Gasteiger charge is -2.42. The lowest BCUT2D eigenvalue weighted by atomic mass is 10.1. The summed E-state index contributed by atoms with van der Waals surface area (Å²) >= 11 is 0. The molecule has 11 heteroatoms. The first-order valence-corrected chi connectivity index (χ1v) is 10.9. The van der Waals surface area contributed by atoms with Gasteiger partial charge in [-0.15, -0.1) is 0 Å². The van der Waals surface area contributed by atoms with E-state index in [0.29, 0.717) is 23.3 Å². The van der Waals surface area contributed by atoms with Crippen LogP contribution in [0.2, 0.25) is 0 Å². The number of aliphatic hydroxyl groups is 1. The molecule has 2 unspecified atom stereocenters. The van der Waals surface area contributed by atoms with Crippen LogP contribution in [-0.4, -0.2) is 72.1 Å². The Morgan fingerprint density at radius 1 is 1.16 bits per heavy atom. The minimum Gasteiger partial charge on any atom is -0.396 e. The van der Waals surface area contributed by atoms with Gasteiger partial charge in [-0.3, -0.25) is 4.79 Å². The highest BCUT2D eigenvalue weighted by molar-refractivity contribution is 5.83. The second-order valence-corrected chi connectivity index (χ2v) is 8.95. The predicted molar refractivity (Wildman–Crippen MR) is 110 cm³/mol. The molecule has 2 bridgehead atoms. The van der Waals surface area contributed by atoms with Crippen LogP contribution in [-0.2, 0) is 4.79 Å². The third-order valence-electron chi connectivity index (χ3n) is 7.03. The first kappa shape index (κ1) is 19.6. The predicted octanol–water partition coefficient (Wildman–Crippen LogP) is 1.80. The number of halogens is 2. The maximum atomic E-state index is 13.0. The van der Waals surface area contributed by atoms with E-state index in [1.54, 1.807) is 10.7 Å². The molecule has 0 aromatic carbocycles. The second kappa shape index (κ2) is 7.22. The van der Waals surface area contributed by atoms with Gasteiger partial charge in [0, 0.05) is 61.2 Å². The number of aromatic nitrogens is 5. The fourth-order valence-corrected chi connectivity index (χ4v) is 5.29. The number of hydrogen-bond acceptors (Lipinski definition) is 6. The van der Waals surface area contributed by atoms with Gasteiger partial charge in [-0.25, -0.2) is 14.2 Å². The summed E-state index contributed by atoms with van der Waals surface area (Å²) in [4.78, 5) is 21.7. The van der Waals surface area contributed by atoms with E-state index in [9.17, 15) is 18.7 Å². The normalized spacial score (nSPS) is 27.0. The lowest BCUT2D eigenvalue weighted by Crippen LogP contribution is -2.56. The molecule has 3 fully saturated rings. The molecule has 5 heterocycles. The Bertz CT molecular complexity index is 1160. The minimum absolute atomic E-state index is 0.0252. The number of alkyl halides is 2. The molecule has 4 atom stereocenters. The summed E-state index contributed by atoms with van der Waals surface area (Å²) < 4.78 is 28.1.